The van der Waals surface area contributed by atoms with Gasteiger partial charge in [-0.25, -0.2) is 0 Å². The Labute approximate surface area is 122 Å². The quantitative estimate of drug-likeness (QED) is 0.784. The Morgan fingerprint density at radius 1 is 1.00 bits per heavy atom. The molecule has 1 saturated carbocycles. The number of nitrogens with zero attached hydrogens (tertiary/aromatic N) is 1. The molecule has 1 saturated heterocycles. The third kappa shape index (κ3) is 2.05. The highest BCUT2D eigenvalue weighted by Crippen LogP contribution is 2.44. The van der Waals surface area contributed by atoms with Crippen molar-refractivity contribution in [3.8, 4) is 0 Å². The van der Waals surface area contributed by atoms with Crippen molar-refractivity contribution in [2.45, 2.75) is 63.5 Å². The van der Waals surface area contributed by atoms with Crippen molar-refractivity contribution >= 4 is 5.69 Å². The molecule has 1 heterocycles. The molecule has 1 aliphatic heterocycles. The molecular weight excluding hydrogens is 244 g/mol. The molecule has 0 amide bonds. The van der Waals surface area contributed by atoms with E-state index in [0.29, 0.717) is 6.04 Å². The van der Waals surface area contributed by atoms with Gasteiger partial charge >= 0.3 is 0 Å². The van der Waals surface area contributed by atoms with Crippen LogP contribution in [0.15, 0.2) is 18.2 Å². The molecule has 1 unspecified atom stereocenters. The molecule has 1 aromatic carbocycles. The van der Waals surface area contributed by atoms with Gasteiger partial charge in [-0.1, -0.05) is 18.9 Å². The topological polar surface area (TPSA) is 29.3 Å². The molecule has 4 rings (SSSR count). The van der Waals surface area contributed by atoms with E-state index in [0.717, 1.165) is 17.6 Å². The van der Waals surface area contributed by atoms with Crippen LogP contribution in [0.2, 0.25) is 0 Å². The Morgan fingerprint density at radius 2 is 1.85 bits per heavy atom. The van der Waals surface area contributed by atoms with E-state index < -0.39 is 0 Å². The zero-order valence-electron chi connectivity index (χ0n) is 12.4. The number of nitrogen functional groups attached to an aromatic ring is 1. The minimum atomic E-state index is 0.677. The van der Waals surface area contributed by atoms with Crippen LogP contribution >= 0.6 is 0 Å². The molecule has 3 aliphatic rings. The van der Waals surface area contributed by atoms with Crippen molar-refractivity contribution < 1.29 is 0 Å². The highest BCUT2D eigenvalue weighted by atomic mass is 15.2. The van der Waals surface area contributed by atoms with Gasteiger partial charge in [0.1, 0.15) is 0 Å². The predicted molar refractivity (Wildman–Crippen MR) is 83.6 cm³/mol. The number of anilines is 1. The lowest BCUT2D eigenvalue weighted by Crippen LogP contribution is -2.47. The number of hydrogen-bond donors (Lipinski definition) is 1. The van der Waals surface area contributed by atoms with Gasteiger partial charge in [-0.2, -0.15) is 0 Å². The summed E-state index contributed by atoms with van der Waals surface area (Å²) in [6.07, 6.45) is 11.2. The SMILES string of the molecule is Nc1ccc2c(c1)CCC2N1CCC[C@H]2CCCC[C@H]21. The fourth-order valence-electron chi connectivity index (χ4n) is 5.01. The first-order valence-electron chi connectivity index (χ1n) is 8.47. The third-order valence-corrected chi connectivity index (χ3v) is 5.90. The second kappa shape index (κ2) is 5.07. The van der Waals surface area contributed by atoms with Gasteiger partial charge in [-0.15, -0.1) is 0 Å². The molecule has 2 N–H and O–H groups in total. The number of nitrogens with two attached hydrogens (primary N) is 1. The predicted octanol–water partition coefficient (Wildman–Crippen LogP) is 3.91. The summed E-state index contributed by atoms with van der Waals surface area (Å²) in [6, 6.07) is 8.15. The van der Waals surface area contributed by atoms with Crippen LogP contribution in [-0.4, -0.2) is 17.5 Å². The molecule has 108 valence electrons. The lowest BCUT2D eigenvalue weighted by molar-refractivity contribution is 0.0254. The van der Waals surface area contributed by atoms with Gasteiger partial charge in [0, 0.05) is 17.8 Å². The first-order valence-corrected chi connectivity index (χ1v) is 8.47. The number of likely N-dealkylation sites (tertiary alicyclic amines) is 1. The molecule has 2 aliphatic carbocycles. The summed E-state index contributed by atoms with van der Waals surface area (Å²) in [5.41, 5.74) is 9.96. The maximum Gasteiger partial charge on any atom is 0.0357 e. The lowest BCUT2D eigenvalue weighted by atomic mass is 9.77. The maximum absolute atomic E-state index is 5.95. The van der Waals surface area contributed by atoms with E-state index in [9.17, 15) is 0 Å². The molecule has 2 fully saturated rings. The van der Waals surface area contributed by atoms with Crippen molar-refractivity contribution in [1.82, 2.24) is 4.90 Å². The van der Waals surface area contributed by atoms with Gasteiger partial charge in [0.2, 0.25) is 0 Å². The molecule has 3 atom stereocenters. The normalized spacial score (nSPS) is 33.7. The van der Waals surface area contributed by atoms with E-state index in [1.54, 1.807) is 5.56 Å². The number of piperidine rings is 1. The number of hydrogen-bond acceptors (Lipinski definition) is 2. The molecule has 2 heteroatoms. The average Bonchev–Trinajstić information content (AvgIpc) is 2.89. The van der Waals surface area contributed by atoms with E-state index in [1.165, 1.54) is 63.5 Å². The zero-order chi connectivity index (χ0) is 13.5. The van der Waals surface area contributed by atoms with Crippen molar-refractivity contribution in [3.63, 3.8) is 0 Å². The minimum absolute atomic E-state index is 0.677. The summed E-state index contributed by atoms with van der Waals surface area (Å²) in [4.78, 5) is 2.87. The Balaban J connectivity index is 1.62. The summed E-state index contributed by atoms with van der Waals surface area (Å²) in [5.74, 6) is 0.982. The van der Waals surface area contributed by atoms with Crippen molar-refractivity contribution in [1.29, 1.82) is 0 Å². The average molecular weight is 270 g/mol. The first-order chi connectivity index (χ1) is 9.83. The molecule has 2 nitrogen and oxygen atoms in total. The van der Waals surface area contributed by atoms with Crippen LogP contribution in [0.4, 0.5) is 5.69 Å². The Hall–Kier alpha value is -1.02. The van der Waals surface area contributed by atoms with Gasteiger partial charge in [0.15, 0.2) is 0 Å². The third-order valence-electron chi connectivity index (χ3n) is 5.90. The van der Waals surface area contributed by atoms with Crippen LogP contribution in [0.1, 0.15) is 62.1 Å². The molecule has 0 spiro atoms. The Bertz CT molecular complexity index is 494. The highest BCUT2D eigenvalue weighted by Gasteiger charge is 2.39. The van der Waals surface area contributed by atoms with Crippen molar-refractivity contribution in [3.05, 3.63) is 29.3 Å². The standard InChI is InChI=1S/C18H26N2/c19-15-8-9-16-14(12-15)7-10-18(16)20-11-3-5-13-4-1-2-6-17(13)20/h8-9,12-13,17-18H,1-7,10-11,19H2/t13-,17-,18?/m1/s1. The number of aryl methyl sites for hydroxylation is 1. The Morgan fingerprint density at radius 3 is 2.80 bits per heavy atom. The lowest BCUT2D eigenvalue weighted by Gasteiger charge is -2.47. The summed E-state index contributed by atoms with van der Waals surface area (Å²) in [5, 5.41) is 0. The fourth-order valence-corrected chi connectivity index (χ4v) is 5.01. The van der Waals surface area contributed by atoms with Crippen LogP contribution in [0.25, 0.3) is 0 Å². The maximum atomic E-state index is 5.95. The highest BCUT2D eigenvalue weighted by molar-refractivity contribution is 5.47. The van der Waals surface area contributed by atoms with E-state index in [2.05, 4.69) is 23.1 Å². The molecule has 0 bridgehead atoms. The summed E-state index contributed by atoms with van der Waals surface area (Å²) < 4.78 is 0. The van der Waals surface area contributed by atoms with E-state index >= 15 is 0 Å². The van der Waals surface area contributed by atoms with Gasteiger partial charge in [-0.3, -0.25) is 4.90 Å². The zero-order valence-corrected chi connectivity index (χ0v) is 12.4. The summed E-state index contributed by atoms with van der Waals surface area (Å²) in [7, 11) is 0. The van der Waals surface area contributed by atoms with E-state index in [4.69, 9.17) is 5.73 Å². The molecular formula is C18H26N2. The van der Waals surface area contributed by atoms with E-state index in [-0.39, 0.29) is 0 Å². The van der Waals surface area contributed by atoms with Crippen LogP contribution in [0, 0.1) is 5.92 Å². The first kappa shape index (κ1) is 12.7. The van der Waals surface area contributed by atoms with Gasteiger partial charge in [0.25, 0.3) is 0 Å². The fraction of sp³-hybridized carbons (Fsp3) is 0.667. The second-order valence-electron chi connectivity index (χ2n) is 7.00. The smallest absolute Gasteiger partial charge is 0.0357 e. The number of benzene rings is 1. The summed E-state index contributed by atoms with van der Waals surface area (Å²) >= 11 is 0. The molecule has 0 aromatic heterocycles. The van der Waals surface area contributed by atoms with Gasteiger partial charge in [0.05, 0.1) is 0 Å². The number of fused-ring (bicyclic) bond motifs is 2. The monoisotopic (exact) mass is 270 g/mol. The van der Waals surface area contributed by atoms with Crippen molar-refractivity contribution in [2.75, 3.05) is 12.3 Å². The van der Waals surface area contributed by atoms with Crippen molar-refractivity contribution in [2.24, 2.45) is 5.92 Å². The largest absolute Gasteiger partial charge is 0.399 e. The van der Waals surface area contributed by atoms with Crippen LogP contribution < -0.4 is 5.73 Å². The van der Waals surface area contributed by atoms with Crippen LogP contribution in [0.3, 0.4) is 0 Å². The molecule has 0 radical (unpaired) electrons. The summed E-state index contributed by atoms with van der Waals surface area (Å²) in [6.45, 7) is 1.32. The molecule has 1 aromatic rings. The van der Waals surface area contributed by atoms with Gasteiger partial charge < -0.3 is 5.73 Å². The van der Waals surface area contributed by atoms with Crippen LogP contribution in [0.5, 0.6) is 0 Å². The Kier molecular flexibility index (Phi) is 3.22. The van der Waals surface area contributed by atoms with E-state index in [1.807, 2.05) is 0 Å². The van der Waals surface area contributed by atoms with Crippen LogP contribution in [-0.2, 0) is 6.42 Å². The second-order valence-corrected chi connectivity index (χ2v) is 7.00. The number of rotatable bonds is 1. The molecule has 20 heavy (non-hydrogen) atoms. The minimum Gasteiger partial charge on any atom is -0.399 e. The van der Waals surface area contributed by atoms with Gasteiger partial charge in [-0.05, 0) is 74.2 Å².